The third-order valence-electron chi connectivity index (χ3n) is 4.10. The number of likely N-dealkylation sites (N-methyl/N-ethyl adjacent to an activating group) is 1. The van der Waals surface area contributed by atoms with Gasteiger partial charge in [0.25, 0.3) is 0 Å². The van der Waals surface area contributed by atoms with Gasteiger partial charge in [0, 0.05) is 5.54 Å². The summed E-state index contributed by atoms with van der Waals surface area (Å²) in [6, 6.07) is 6.55. The molecule has 0 aliphatic heterocycles. The summed E-state index contributed by atoms with van der Waals surface area (Å²) < 4.78 is 5.44. The average Bonchev–Trinajstić information content (AvgIpc) is 2.36. The maximum absolute atomic E-state index is 5.44. The second-order valence-electron chi connectivity index (χ2n) is 5.85. The molecule has 0 aliphatic carbocycles. The van der Waals surface area contributed by atoms with Crippen molar-refractivity contribution in [1.82, 2.24) is 5.32 Å². The normalized spacial score (nSPS) is 13.8. The van der Waals surface area contributed by atoms with Gasteiger partial charge in [0.05, 0.1) is 7.11 Å². The van der Waals surface area contributed by atoms with Crippen LogP contribution in [0.5, 0.6) is 5.75 Å². The molecule has 0 aliphatic rings. The fraction of sp³-hybridized carbons (Fsp3) is 0.625. The van der Waals surface area contributed by atoms with Gasteiger partial charge in [-0.2, -0.15) is 0 Å². The van der Waals surface area contributed by atoms with Crippen molar-refractivity contribution in [2.45, 2.75) is 52.0 Å². The van der Waals surface area contributed by atoms with Crippen molar-refractivity contribution < 1.29 is 4.74 Å². The van der Waals surface area contributed by atoms with Crippen LogP contribution in [0, 0.1) is 0 Å². The molecule has 1 N–H and O–H groups in total. The molecule has 2 heteroatoms. The summed E-state index contributed by atoms with van der Waals surface area (Å²) in [7, 11) is 3.76. The molecule has 1 aromatic carbocycles. The lowest BCUT2D eigenvalue weighted by Gasteiger charge is -2.32. The van der Waals surface area contributed by atoms with Crippen molar-refractivity contribution in [3.63, 3.8) is 0 Å². The van der Waals surface area contributed by atoms with E-state index in [0.29, 0.717) is 11.8 Å². The molecule has 0 spiro atoms. The van der Waals surface area contributed by atoms with Crippen molar-refractivity contribution in [1.29, 1.82) is 0 Å². The molecule has 0 amide bonds. The zero-order valence-corrected chi connectivity index (χ0v) is 12.8. The van der Waals surface area contributed by atoms with E-state index in [1.165, 1.54) is 11.1 Å². The Morgan fingerprint density at radius 2 is 1.78 bits per heavy atom. The van der Waals surface area contributed by atoms with Crippen molar-refractivity contribution in [3.05, 3.63) is 29.3 Å². The minimum atomic E-state index is 0.0861. The Morgan fingerprint density at radius 3 is 2.22 bits per heavy atom. The molecule has 1 rings (SSSR count). The van der Waals surface area contributed by atoms with E-state index >= 15 is 0 Å². The van der Waals surface area contributed by atoms with Crippen LogP contribution in [0.15, 0.2) is 18.2 Å². The van der Waals surface area contributed by atoms with E-state index in [2.05, 4.69) is 58.1 Å². The maximum atomic E-state index is 5.44. The number of hydrogen-bond acceptors (Lipinski definition) is 2. The van der Waals surface area contributed by atoms with Gasteiger partial charge in [-0.1, -0.05) is 32.9 Å². The number of rotatable bonds is 5. The first-order chi connectivity index (χ1) is 8.33. The van der Waals surface area contributed by atoms with Crippen LogP contribution in [-0.2, 0) is 0 Å². The van der Waals surface area contributed by atoms with E-state index in [-0.39, 0.29) is 5.54 Å². The van der Waals surface area contributed by atoms with Crippen molar-refractivity contribution in [2.24, 2.45) is 0 Å². The standard InChI is InChI=1S/C16H27NO/c1-11(2)14-10-13(8-9-15(14)18-7)12(3)16(4,5)17-6/h8-12,17H,1-7H3. The zero-order chi connectivity index (χ0) is 13.9. The first-order valence-corrected chi connectivity index (χ1v) is 6.70. The summed E-state index contributed by atoms with van der Waals surface area (Å²) in [4.78, 5) is 0. The van der Waals surface area contributed by atoms with Gasteiger partial charge < -0.3 is 10.1 Å². The molecular formula is C16H27NO. The molecule has 0 saturated heterocycles. The average molecular weight is 249 g/mol. The van der Waals surface area contributed by atoms with Crippen LogP contribution in [0.3, 0.4) is 0 Å². The Morgan fingerprint density at radius 1 is 1.17 bits per heavy atom. The predicted molar refractivity (Wildman–Crippen MR) is 78.6 cm³/mol. The summed E-state index contributed by atoms with van der Waals surface area (Å²) >= 11 is 0. The summed E-state index contributed by atoms with van der Waals surface area (Å²) in [6.45, 7) is 11.1. The predicted octanol–water partition coefficient (Wildman–Crippen LogP) is 3.92. The first-order valence-electron chi connectivity index (χ1n) is 6.70. The summed E-state index contributed by atoms with van der Waals surface area (Å²) in [5.41, 5.74) is 2.73. The second kappa shape index (κ2) is 5.75. The molecule has 1 unspecified atom stereocenters. The van der Waals surface area contributed by atoms with Gasteiger partial charge in [0.2, 0.25) is 0 Å². The molecular weight excluding hydrogens is 222 g/mol. The highest BCUT2D eigenvalue weighted by atomic mass is 16.5. The molecule has 2 nitrogen and oxygen atoms in total. The maximum Gasteiger partial charge on any atom is 0.122 e. The molecule has 0 radical (unpaired) electrons. The lowest BCUT2D eigenvalue weighted by molar-refractivity contribution is 0.359. The van der Waals surface area contributed by atoms with Gasteiger partial charge in [-0.15, -0.1) is 0 Å². The summed E-state index contributed by atoms with van der Waals surface area (Å²) in [5.74, 6) is 1.92. The molecule has 0 saturated carbocycles. The van der Waals surface area contributed by atoms with Gasteiger partial charge in [-0.3, -0.25) is 0 Å². The Bertz CT molecular complexity index is 396. The highest BCUT2D eigenvalue weighted by molar-refractivity contribution is 5.41. The van der Waals surface area contributed by atoms with Crippen LogP contribution in [0.25, 0.3) is 0 Å². The fourth-order valence-electron chi connectivity index (χ4n) is 2.11. The van der Waals surface area contributed by atoms with Crippen molar-refractivity contribution in [2.75, 3.05) is 14.2 Å². The second-order valence-corrected chi connectivity index (χ2v) is 5.85. The summed E-state index contributed by atoms with van der Waals surface area (Å²) in [6.07, 6.45) is 0. The Balaban J connectivity index is 3.16. The number of nitrogens with one attached hydrogen (secondary N) is 1. The van der Waals surface area contributed by atoms with Gasteiger partial charge >= 0.3 is 0 Å². The monoisotopic (exact) mass is 249 g/mol. The van der Waals surface area contributed by atoms with E-state index < -0.39 is 0 Å². The molecule has 0 heterocycles. The smallest absolute Gasteiger partial charge is 0.122 e. The van der Waals surface area contributed by atoms with Crippen LogP contribution in [-0.4, -0.2) is 19.7 Å². The highest BCUT2D eigenvalue weighted by Gasteiger charge is 2.25. The van der Waals surface area contributed by atoms with Crippen LogP contribution in [0.1, 0.15) is 57.6 Å². The number of hydrogen-bond donors (Lipinski definition) is 1. The van der Waals surface area contributed by atoms with E-state index in [0.717, 1.165) is 5.75 Å². The number of methoxy groups -OCH3 is 1. The number of benzene rings is 1. The van der Waals surface area contributed by atoms with Crippen molar-refractivity contribution in [3.8, 4) is 5.75 Å². The molecule has 0 bridgehead atoms. The molecule has 102 valence electrons. The van der Waals surface area contributed by atoms with E-state index in [1.54, 1.807) is 7.11 Å². The SMILES string of the molecule is CNC(C)(C)C(C)c1ccc(OC)c(C(C)C)c1. The van der Waals surface area contributed by atoms with Gasteiger partial charge in [0.1, 0.15) is 5.75 Å². The lowest BCUT2D eigenvalue weighted by atomic mass is 9.82. The fourth-order valence-corrected chi connectivity index (χ4v) is 2.11. The van der Waals surface area contributed by atoms with E-state index in [1.807, 2.05) is 7.05 Å². The third-order valence-corrected chi connectivity index (χ3v) is 4.10. The first kappa shape index (κ1) is 15.0. The summed E-state index contributed by atoms with van der Waals surface area (Å²) in [5, 5.41) is 3.39. The topological polar surface area (TPSA) is 21.3 Å². The van der Waals surface area contributed by atoms with Crippen molar-refractivity contribution >= 4 is 0 Å². The van der Waals surface area contributed by atoms with E-state index in [9.17, 15) is 0 Å². The van der Waals surface area contributed by atoms with Crippen LogP contribution >= 0.6 is 0 Å². The molecule has 18 heavy (non-hydrogen) atoms. The van der Waals surface area contributed by atoms with Gasteiger partial charge in [0.15, 0.2) is 0 Å². The molecule has 1 aromatic rings. The van der Waals surface area contributed by atoms with Crippen LogP contribution < -0.4 is 10.1 Å². The molecule has 0 aromatic heterocycles. The Hall–Kier alpha value is -1.02. The van der Waals surface area contributed by atoms with Crippen LogP contribution in [0.2, 0.25) is 0 Å². The van der Waals surface area contributed by atoms with Gasteiger partial charge in [-0.25, -0.2) is 0 Å². The van der Waals surface area contributed by atoms with Crippen LogP contribution in [0.4, 0.5) is 0 Å². The Labute approximate surface area is 112 Å². The largest absolute Gasteiger partial charge is 0.496 e. The highest BCUT2D eigenvalue weighted by Crippen LogP contribution is 2.33. The zero-order valence-electron chi connectivity index (χ0n) is 12.8. The lowest BCUT2D eigenvalue weighted by Crippen LogP contribution is -2.41. The number of ether oxygens (including phenoxy) is 1. The minimum Gasteiger partial charge on any atom is -0.496 e. The molecule has 0 fully saturated rings. The third kappa shape index (κ3) is 3.05. The Kier molecular flexibility index (Phi) is 4.80. The van der Waals surface area contributed by atoms with E-state index in [4.69, 9.17) is 4.74 Å². The quantitative estimate of drug-likeness (QED) is 0.854. The van der Waals surface area contributed by atoms with Gasteiger partial charge in [-0.05, 0) is 49.9 Å². The molecule has 1 atom stereocenters. The minimum absolute atomic E-state index is 0.0861.